The van der Waals surface area contributed by atoms with E-state index < -0.39 is 11.7 Å². The lowest BCUT2D eigenvalue weighted by Gasteiger charge is -2.32. The van der Waals surface area contributed by atoms with Gasteiger partial charge in [-0.25, -0.2) is 15.0 Å². The van der Waals surface area contributed by atoms with Crippen molar-refractivity contribution in [1.29, 1.82) is 0 Å². The summed E-state index contributed by atoms with van der Waals surface area (Å²) in [6.07, 6.45) is 2.37. The predicted octanol–water partition coefficient (Wildman–Crippen LogP) is 6.46. The van der Waals surface area contributed by atoms with Crippen molar-refractivity contribution in [3.63, 3.8) is 0 Å². The Kier molecular flexibility index (Phi) is 6.92. The molecule has 4 heterocycles. The number of pyridine rings is 1. The average molecular weight is 562 g/mol. The highest BCUT2D eigenvalue weighted by Gasteiger charge is 2.30. The third-order valence-electron chi connectivity index (χ3n) is 7.77. The quantitative estimate of drug-likeness (QED) is 0.224. The summed E-state index contributed by atoms with van der Waals surface area (Å²) in [4.78, 5) is 19.1. The minimum Gasteiger partial charge on any atom is -0.365 e. The van der Waals surface area contributed by atoms with Crippen LogP contribution in [0, 0.1) is 5.92 Å². The Morgan fingerprint density at radius 1 is 1.02 bits per heavy atom. The molecule has 212 valence electrons. The molecule has 0 bridgehead atoms. The van der Waals surface area contributed by atoms with Crippen LogP contribution in [0.15, 0.2) is 48.8 Å². The van der Waals surface area contributed by atoms with Crippen LogP contribution in [0.5, 0.6) is 0 Å². The van der Waals surface area contributed by atoms with Gasteiger partial charge >= 0.3 is 6.18 Å². The topological polar surface area (TPSA) is 110 Å². The summed E-state index contributed by atoms with van der Waals surface area (Å²) >= 11 is 0. The average Bonchev–Trinajstić information content (AvgIpc) is 3.56. The van der Waals surface area contributed by atoms with Crippen LogP contribution in [0.1, 0.15) is 62.6 Å². The van der Waals surface area contributed by atoms with E-state index in [1.807, 2.05) is 16.7 Å². The molecule has 4 aromatic heterocycles. The monoisotopic (exact) mass is 561 g/mol. The molecule has 0 radical (unpaired) electrons. The van der Waals surface area contributed by atoms with Crippen LogP contribution in [-0.4, -0.2) is 46.0 Å². The molecular formula is C29H30F3N9. The van der Waals surface area contributed by atoms with Crippen molar-refractivity contribution >= 4 is 17.0 Å². The van der Waals surface area contributed by atoms with Crippen molar-refractivity contribution < 1.29 is 13.2 Å². The van der Waals surface area contributed by atoms with Crippen LogP contribution in [-0.2, 0) is 12.7 Å². The van der Waals surface area contributed by atoms with Gasteiger partial charge in [-0.2, -0.15) is 28.6 Å². The molecule has 0 amide bonds. The van der Waals surface area contributed by atoms with Crippen molar-refractivity contribution in [2.24, 2.45) is 5.92 Å². The van der Waals surface area contributed by atoms with Crippen molar-refractivity contribution in [2.75, 3.05) is 5.32 Å². The number of nitrogens with zero attached hydrogens (tertiary/aromatic N) is 7. The summed E-state index contributed by atoms with van der Waals surface area (Å²) in [6, 6.07) is 9.28. The molecule has 1 saturated carbocycles. The third kappa shape index (κ3) is 5.38. The van der Waals surface area contributed by atoms with Crippen LogP contribution in [0.2, 0.25) is 0 Å². The molecule has 1 fully saturated rings. The third-order valence-corrected chi connectivity index (χ3v) is 7.77. The van der Waals surface area contributed by atoms with Gasteiger partial charge in [-0.15, -0.1) is 0 Å². The number of aromatic nitrogens is 8. The summed E-state index contributed by atoms with van der Waals surface area (Å²) in [5, 5.41) is 14.3. The minimum atomic E-state index is -4.41. The van der Waals surface area contributed by atoms with Crippen LogP contribution < -0.4 is 5.32 Å². The van der Waals surface area contributed by atoms with Gasteiger partial charge in [-0.05, 0) is 67.0 Å². The fraction of sp³-hybridized carbons (Fsp3) is 0.379. The Bertz CT molecular complexity index is 1650. The molecule has 0 spiro atoms. The molecule has 0 aliphatic heterocycles. The molecule has 0 saturated heterocycles. The van der Waals surface area contributed by atoms with E-state index in [0.717, 1.165) is 30.5 Å². The lowest BCUT2D eigenvalue weighted by molar-refractivity contribution is -0.137. The molecule has 1 aliphatic carbocycles. The van der Waals surface area contributed by atoms with E-state index in [0.29, 0.717) is 51.5 Å². The van der Waals surface area contributed by atoms with Crippen molar-refractivity contribution in [1.82, 2.24) is 39.9 Å². The summed E-state index contributed by atoms with van der Waals surface area (Å²) in [6.45, 7) is 6.59. The highest BCUT2D eigenvalue weighted by atomic mass is 19.4. The van der Waals surface area contributed by atoms with E-state index in [1.165, 1.54) is 18.6 Å². The summed E-state index contributed by atoms with van der Waals surface area (Å²) in [5.74, 6) is 2.28. The fourth-order valence-corrected chi connectivity index (χ4v) is 5.09. The molecule has 1 unspecified atom stereocenters. The van der Waals surface area contributed by atoms with Gasteiger partial charge in [0.1, 0.15) is 16.9 Å². The maximum Gasteiger partial charge on any atom is 0.416 e. The lowest BCUT2D eigenvalue weighted by Crippen LogP contribution is -2.31. The number of alkyl halides is 3. The van der Waals surface area contributed by atoms with Gasteiger partial charge in [0.25, 0.3) is 0 Å². The van der Waals surface area contributed by atoms with Gasteiger partial charge in [0, 0.05) is 18.8 Å². The summed E-state index contributed by atoms with van der Waals surface area (Å²) in [5.41, 5.74) is 3.27. The Morgan fingerprint density at radius 3 is 2.44 bits per heavy atom. The van der Waals surface area contributed by atoms with E-state index in [-0.39, 0.29) is 18.5 Å². The first-order valence-corrected chi connectivity index (χ1v) is 13.7. The smallest absolute Gasteiger partial charge is 0.365 e. The van der Waals surface area contributed by atoms with Gasteiger partial charge in [-0.3, -0.25) is 4.98 Å². The highest BCUT2D eigenvalue weighted by molar-refractivity contribution is 5.88. The Balaban J connectivity index is 1.54. The summed E-state index contributed by atoms with van der Waals surface area (Å²) < 4.78 is 41.7. The molecule has 1 aliphatic rings. The SMILES string of the molecule is CC(C)c1ccnc(-c2nc3nc(-c4cn[nH]n4)nc(NC(C)C4CCC4)c3n2Cc2ccc(C(F)(F)F)cc2)c1. The molecule has 41 heavy (non-hydrogen) atoms. The zero-order chi connectivity index (χ0) is 28.7. The number of fused-ring (bicyclic) bond motifs is 1. The number of hydrogen-bond donors (Lipinski definition) is 2. The second-order valence-electron chi connectivity index (χ2n) is 10.9. The van der Waals surface area contributed by atoms with E-state index in [9.17, 15) is 13.2 Å². The number of benzene rings is 1. The maximum atomic E-state index is 13.3. The molecule has 6 rings (SSSR count). The molecule has 1 aromatic carbocycles. The number of halogens is 3. The zero-order valence-corrected chi connectivity index (χ0v) is 22.9. The van der Waals surface area contributed by atoms with Gasteiger partial charge in [0.05, 0.1) is 11.8 Å². The molecule has 1 atom stereocenters. The number of aromatic amines is 1. The first-order valence-electron chi connectivity index (χ1n) is 13.7. The van der Waals surface area contributed by atoms with E-state index in [1.54, 1.807) is 12.4 Å². The lowest BCUT2D eigenvalue weighted by atomic mass is 9.80. The second kappa shape index (κ2) is 10.6. The van der Waals surface area contributed by atoms with Crippen LogP contribution in [0.3, 0.4) is 0 Å². The van der Waals surface area contributed by atoms with E-state index in [4.69, 9.17) is 15.0 Å². The summed E-state index contributed by atoms with van der Waals surface area (Å²) in [7, 11) is 0. The molecular weight excluding hydrogens is 531 g/mol. The standard InChI is InChI=1S/C29H30F3N9/c1-16(2)20-11-12-33-22(13-20)28-38-27-24(41(28)15-18-7-9-21(10-8-18)29(30,31)32)26(35-17(3)19-5-4-6-19)36-25(37-27)23-14-34-40-39-23/h7-14,16-17,19H,4-6,15H2,1-3H3,(H,34,39,40)(H,35,36,37). The molecule has 9 nitrogen and oxygen atoms in total. The molecule has 2 N–H and O–H groups in total. The number of imidazole rings is 1. The van der Waals surface area contributed by atoms with Gasteiger partial charge < -0.3 is 9.88 Å². The first-order chi connectivity index (χ1) is 19.7. The largest absolute Gasteiger partial charge is 0.416 e. The van der Waals surface area contributed by atoms with E-state index in [2.05, 4.69) is 46.5 Å². The predicted molar refractivity (Wildman–Crippen MR) is 149 cm³/mol. The molecule has 12 heteroatoms. The van der Waals surface area contributed by atoms with E-state index >= 15 is 0 Å². The minimum absolute atomic E-state index is 0.146. The van der Waals surface area contributed by atoms with Crippen molar-refractivity contribution in [3.8, 4) is 23.0 Å². The molecule has 5 aromatic rings. The second-order valence-corrected chi connectivity index (χ2v) is 10.9. The maximum absolute atomic E-state index is 13.3. The Morgan fingerprint density at radius 2 is 1.80 bits per heavy atom. The van der Waals surface area contributed by atoms with Crippen molar-refractivity contribution in [3.05, 3.63) is 65.5 Å². The number of anilines is 1. The number of rotatable bonds is 8. The van der Waals surface area contributed by atoms with Crippen LogP contribution in [0.4, 0.5) is 19.0 Å². The van der Waals surface area contributed by atoms with Gasteiger partial charge in [0.15, 0.2) is 23.1 Å². The Labute approximate surface area is 234 Å². The zero-order valence-electron chi connectivity index (χ0n) is 22.9. The van der Waals surface area contributed by atoms with Crippen molar-refractivity contribution in [2.45, 2.75) is 64.7 Å². The Hall–Kier alpha value is -4.35. The first kappa shape index (κ1) is 26.9. The fourth-order valence-electron chi connectivity index (χ4n) is 5.09. The number of nitrogens with one attached hydrogen (secondary N) is 2. The van der Waals surface area contributed by atoms with Crippen LogP contribution >= 0.6 is 0 Å². The normalized spacial score (nSPS) is 14.9. The van der Waals surface area contributed by atoms with Gasteiger partial charge in [0.2, 0.25) is 0 Å². The van der Waals surface area contributed by atoms with Gasteiger partial charge in [-0.1, -0.05) is 32.4 Å². The van der Waals surface area contributed by atoms with Crippen LogP contribution in [0.25, 0.3) is 34.2 Å². The highest BCUT2D eigenvalue weighted by Crippen LogP contribution is 2.35. The number of H-pyrrole nitrogens is 1. The number of hydrogen-bond acceptors (Lipinski definition) is 7.